The van der Waals surface area contributed by atoms with E-state index in [2.05, 4.69) is 36.5 Å². The molecule has 1 aliphatic rings. The Morgan fingerprint density at radius 1 is 1.23 bits per heavy atom. The number of hydrogen-bond acceptors (Lipinski definition) is 4. The summed E-state index contributed by atoms with van der Waals surface area (Å²) in [6.07, 6.45) is 3.12. The Balaban J connectivity index is 1.51. The maximum Gasteiger partial charge on any atom is 0.407 e. The summed E-state index contributed by atoms with van der Waals surface area (Å²) in [5.41, 5.74) is 2.61. The topological polar surface area (TPSA) is 64.6 Å². The highest BCUT2D eigenvalue weighted by Gasteiger charge is 2.40. The molecule has 1 saturated heterocycles. The van der Waals surface area contributed by atoms with E-state index in [9.17, 15) is 9.59 Å². The zero-order chi connectivity index (χ0) is 15.9. The third-order valence-electron chi connectivity index (χ3n) is 3.76. The van der Waals surface area contributed by atoms with Crippen molar-refractivity contribution >= 4 is 12.1 Å². The van der Waals surface area contributed by atoms with Crippen LogP contribution in [0.25, 0.3) is 0 Å². The third kappa shape index (κ3) is 4.76. The largest absolute Gasteiger partial charge is 0.458 e. The zero-order valence-corrected chi connectivity index (χ0v) is 13.1. The molecule has 1 amide bonds. The van der Waals surface area contributed by atoms with Gasteiger partial charge in [-0.05, 0) is 45.1 Å². The van der Waals surface area contributed by atoms with Crippen molar-refractivity contribution in [3.05, 3.63) is 35.4 Å². The zero-order valence-electron chi connectivity index (χ0n) is 13.1. The van der Waals surface area contributed by atoms with Gasteiger partial charge in [-0.3, -0.25) is 0 Å². The average Bonchev–Trinajstić information content (AvgIpc) is 2.50. The maximum absolute atomic E-state index is 11.5. The van der Waals surface area contributed by atoms with Crippen LogP contribution in [-0.2, 0) is 20.7 Å². The Morgan fingerprint density at radius 3 is 2.59 bits per heavy atom. The van der Waals surface area contributed by atoms with Gasteiger partial charge >= 0.3 is 12.1 Å². The summed E-state index contributed by atoms with van der Waals surface area (Å²) in [6.45, 7) is 4.18. The molecule has 1 aromatic carbocycles. The van der Waals surface area contributed by atoms with Crippen molar-refractivity contribution < 1.29 is 19.1 Å². The van der Waals surface area contributed by atoms with E-state index < -0.39 is 18.1 Å². The van der Waals surface area contributed by atoms with E-state index in [1.54, 1.807) is 6.92 Å². The summed E-state index contributed by atoms with van der Waals surface area (Å²) in [4.78, 5) is 22.5. The Kier molecular flexibility index (Phi) is 5.81. The van der Waals surface area contributed by atoms with Crippen molar-refractivity contribution in [2.45, 2.75) is 51.7 Å². The highest BCUT2D eigenvalue weighted by atomic mass is 16.6. The minimum atomic E-state index is -0.561. The molecule has 2 rings (SSSR count). The number of aryl methyl sites for hydroxylation is 2. The lowest BCUT2D eigenvalue weighted by Crippen LogP contribution is -2.58. The van der Waals surface area contributed by atoms with Crippen molar-refractivity contribution in [1.82, 2.24) is 5.32 Å². The molecule has 0 radical (unpaired) electrons. The van der Waals surface area contributed by atoms with Crippen LogP contribution in [0, 0.1) is 6.92 Å². The number of unbranched alkanes of at least 4 members (excludes halogenated alkanes) is 2. The third-order valence-corrected chi connectivity index (χ3v) is 3.76. The molecule has 22 heavy (non-hydrogen) atoms. The van der Waals surface area contributed by atoms with Crippen LogP contribution in [0.3, 0.4) is 0 Å². The number of rotatable bonds is 7. The predicted molar refractivity (Wildman–Crippen MR) is 82.6 cm³/mol. The Bertz CT molecular complexity index is 512. The quantitative estimate of drug-likeness (QED) is 0.621. The number of carbonyl (C=O) groups is 2. The first kappa shape index (κ1) is 16.3. The van der Waals surface area contributed by atoms with Crippen molar-refractivity contribution in [3.63, 3.8) is 0 Å². The maximum atomic E-state index is 11.5. The van der Waals surface area contributed by atoms with E-state index in [1.165, 1.54) is 11.1 Å². The van der Waals surface area contributed by atoms with E-state index >= 15 is 0 Å². The first-order valence-corrected chi connectivity index (χ1v) is 7.75. The van der Waals surface area contributed by atoms with Crippen LogP contribution in [0.2, 0.25) is 0 Å². The smallest absolute Gasteiger partial charge is 0.407 e. The van der Waals surface area contributed by atoms with Gasteiger partial charge in [-0.15, -0.1) is 0 Å². The summed E-state index contributed by atoms with van der Waals surface area (Å²) in [6, 6.07) is 7.98. The van der Waals surface area contributed by atoms with Gasteiger partial charge in [0.05, 0.1) is 6.61 Å². The second-order valence-corrected chi connectivity index (χ2v) is 5.70. The number of hydrogen-bond donors (Lipinski definition) is 1. The molecule has 120 valence electrons. The van der Waals surface area contributed by atoms with E-state index in [1.807, 2.05) is 0 Å². The fourth-order valence-corrected chi connectivity index (χ4v) is 2.32. The molecule has 0 unspecified atom stereocenters. The van der Waals surface area contributed by atoms with E-state index in [4.69, 9.17) is 9.47 Å². The van der Waals surface area contributed by atoms with Crippen molar-refractivity contribution in [1.29, 1.82) is 0 Å². The van der Waals surface area contributed by atoms with Crippen molar-refractivity contribution in [2.75, 3.05) is 6.61 Å². The molecule has 1 aromatic rings. The van der Waals surface area contributed by atoms with Gasteiger partial charge in [0.2, 0.25) is 0 Å². The molecule has 1 fully saturated rings. The summed E-state index contributed by atoms with van der Waals surface area (Å²) in [5, 5.41) is 2.50. The average molecular weight is 305 g/mol. The van der Waals surface area contributed by atoms with Crippen molar-refractivity contribution in [3.8, 4) is 0 Å². The Hall–Kier alpha value is -2.04. The summed E-state index contributed by atoms with van der Waals surface area (Å²) < 4.78 is 9.81. The van der Waals surface area contributed by atoms with E-state index in [-0.39, 0.29) is 6.10 Å². The van der Waals surface area contributed by atoms with Crippen LogP contribution in [0.15, 0.2) is 24.3 Å². The van der Waals surface area contributed by atoms with Gasteiger partial charge in [-0.2, -0.15) is 0 Å². The first-order valence-electron chi connectivity index (χ1n) is 7.75. The lowest BCUT2D eigenvalue weighted by Gasteiger charge is -2.32. The fraction of sp³-hybridized carbons (Fsp3) is 0.529. The lowest BCUT2D eigenvalue weighted by molar-refractivity contribution is -0.174. The molecule has 1 heterocycles. The van der Waals surface area contributed by atoms with Crippen LogP contribution in [0.4, 0.5) is 4.79 Å². The van der Waals surface area contributed by atoms with Crippen LogP contribution in [0.1, 0.15) is 37.3 Å². The molecule has 1 aliphatic heterocycles. The van der Waals surface area contributed by atoms with Crippen molar-refractivity contribution in [2.24, 2.45) is 0 Å². The standard InChI is InChI=1S/C17H23NO4/c1-12-7-9-14(10-8-12)6-4-3-5-11-21-17(20)18-15-13(2)22-16(15)19/h7-10,13,15H,3-6,11H2,1-2H3,(H,18,20)/t13-,15+/m0/s1. The van der Waals surface area contributed by atoms with Gasteiger partial charge in [-0.25, -0.2) is 9.59 Å². The SMILES string of the molecule is Cc1ccc(CCCCCOC(=O)N[C@H]2C(=O)O[C@H]2C)cc1. The Labute approximate surface area is 131 Å². The Morgan fingerprint density at radius 2 is 1.95 bits per heavy atom. The minimum absolute atomic E-state index is 0.269. The number of cyclic esters (lactones) is 1. The first-order chi connectivity index (χ1) is 10.6. The second-order valence-electron chi connectivity index (χ2n) is 5.70. The second kappa shape index (κ2) is 7.82. The molecule has 5 nitrogen and oxygen atoms in total. The van der Waals surface area contributed by atoms with E-state index in [0.29, 0.717) is 6.61 Å². The van der Waals surface area contributed by atoms with Crippen LogP contribution < -0.4 is 5.32 Å². The number of alkyl carbamates (subject to hydrolysis) is 1. The predicted octanol–water partition coefficient (Wildman–Crippen LogP) is 2.75. The summed E-state index contributed by atoms with van der Waals surface area (Å²) >= 11 is 0. The van der Waals surface area contributed by atoms with Crippen LogP contribution in [0.5, 0.6) is 0 Å². The van der Waals surface area contributed by atoms with E-state index in [0.717, 1.165) is 25.7 Å². The monoisotopic (exact) mass is 305 g/mol. The summed E-state index contributed by atoms with van der Waals surface area (Å²) in [7, 11) is 0. The molecule has 2 atom stereocenters. The van der Waals surface area contributed by atoms with Gasteiger partial charge in [0.1, 0.15) is 6.10 Å². The number of nitrogens with one attached hydrogen (secondary N) is 1. The number of benzene rings is 1. The molecule has 0 aromatic heterocycles. The number of ether oxygens (including phenoxy) is 2. The van der Waals surface area contributed by atoms with Gasteiger partial charge in [0.15, 0.2) is 6.04 Å². The number of carbonyl (C=O) groups excluding carboxylic acids is 2. The number of esters is 1. The highest BCUT2D eigenvalue weighted by Crippen LogP contribution is 2.13. The molecular weight excluding hydrogens is 282 g/mol. The van der Waals surface area contributed by atoms with Gasteiger partial charge < -0.3 is 14.8 Å². The normalized spacial score (nSPS) is 20.0. The minimum Gasteiger partial charge on any atom is -0.458 e. The summed E-state index contributed by atoms with van der Waals surface area (Å²) in [5.74, 6) is -0.400. The molecule has 0 aliphatic carbocycles. The molecule has 5 heteroatoms. The molecule has 0 spiro atoms. The highest BCUT2D eigenvalue weighted by molar-refractivity contribution is 5.86. The van der Waals surface area contributed by atoms with Gasteiger partial charge in [0.25, 0.3) is 0 Å². The molecule has 0 bridgehead atoms. The molecule has 0 saturated carbocycles. The van der Waals surface area contributed by atoms with Gasteiger partial charge in [-0.1, -0.05) is 29.8 Å². The number of amides is 1. The lowest BCUT2D eigenvalue weighted by atomic mass is 10.1. The molecule has 1 N–H and O–H groups in total. The van der Waals surface area contributed by atoms with Crippen LogP contribution in [-0.4, -0.2) is 30.8 Å². The van der Waals surface area contributed by atoms with Gasteiger partial charge in [0, 0.05) is 0 Å². The fourth-order valence-electron chi connectivity index (χ4n) is 2.32. The molecular formula is C17H23NO4. The van der Waals surface area contributed by atoms with Crippen LogP contribution >= 0.6 is 0 Å².